The predicted molar refractivity (Wildman–Crippen MR) is 119 cm³/mol. The molecule has 0 spiro atoms. The summed E-state index contributed by atoms with van der Waals surface area (Å²) in [6.45, 7) is 8.51. The number of fused-ring (bicyclic) bond motifs is 1. The summed E-state index contributed by atoms with van der Waals surface area (Å²) >= 11 is 0. The van der Waals surface area contributed by atoms with E-state index in [4.69, 9.17) is 14.5 Å². The first-order chi connectivity index (χ1) is 14.5. The van der Waals surface area contributed by atoms with Gasteiger partial charge >= 0.3 is 0 Å². The minimum Gasteiger partial charge on any atom is -0.493 e. The molecule has 3 rings (SSSR count). The van der Waals surface area contributed by atoms with Crippen molar-refractivity contribution in [1.29, 1.82) is 0 Å². The van der Waals surface area contributed by atoms with Crippen molar-refractivity contribution in [3.8, 4) is 11.5 Å². The van der Waals surface area contributed by atoms with E-state index in [-0.39, 0.29) is 11.9 Å². The van der Waals surface area contributed by atoms with Crippen LogP contribution in [0.4, 0.5) is 0 Å². The Labute approximate surface area is 177 Å². The lowest BCUT2D eigenvalue weighted by atomic mass is 10.1. The Morgan fingerprint density at radius 3 is 2.80 bits per heavy atom. The number of para-hydroxylation sites is 2. The van der Waals surface area contributed by atoms with Gasteiger partial charge in [0.2, 0.25) is 5.91 Å². The van der Waals surface area contributed by atoms with E-state index in [9.17, 15) is 4.79 Å². The number of nitrogens with one attached hydrogen (secondary N) is 1. The molecule has 0 fully saturated rings. The molecule has 6 heteroatoms. The van der Waals surface area contributed by atoms with Gasteiger partial charge in [0.05, 0.1) is 30.8 Å². The average molecular weight is 408 g/mol. The van der Waals surface area contributed by atoms with Gasteiger partial charge in [-0.3, -0.25) is 4.79 Å². The largest absolute Gasteiger partial charge is 0.493 e. The zero-order chi connectivity index (χ0) is 21.5. The second kappa shape index (κ2) is 9.96. The van der Waals surface area contributed by atoms with Gasteiger partial charge in [-0.15, -0.1) is 6.58 Å². The lowest BCUT2D eigenvalue weighted by Gasteiger charge is -2.16. The highest BCUT2D eigenvalue weighted by molar-refractivity contribution is 5.77. The summed E-state index contributed by atoms with van der Waals surface area (Å²) in [5, 5.41) is 2.93. The molecule has 158 valence electrons. The van der Waals surface area contributed by atoms with Crippen LogP contribution in [0.3, 0.4) is 0 Å². The van der Waals surface area contributed by atoms with Crippen LogP contribution in [0.1, 0.15) is 37.7 Å². The number of nitrogens with zero attached hydrogens (tertiary/aromatic N) is 2. The van der Waals surface area contributed by atoms with Crippen molar-refractivity contribution in [2.45, 2.75) is 39.3 Å². The summed E-state index contributed by atoms with van der Waals surface area (Å²) in [5.74, 6) is 2.23. The number of aromatic nitrogens is 2. The van der Waals surface area contributed by atoms with Crippen LogP contribution in [0, 0.1) is 0 Å². The number of ether oxygens (including phenoxy) is 2. The zero-order valence-corrected chi connectivity index (χ0v) is 17.9. The molecule has 0 aliphatic carbocycles. The first-order valence-corrected chi connectivity index (χ1v) is 10.2. The number of benzene rings is 2. The van der Waals surface area contributed by atoms with Gasteiger partial charge in [0.25, 0.3) is 0 Å². The lowest BCUT2D eigenvalue weighted by molar-refractivity contribution is -0.119. The number of hydrogen-bond donors (Lipinski definition) is 1. The number of aryl methyl sites for hydroxylation is 1. The number of amides is 1. The Morgan fingerprint density at radius 1 is 1.27 bits per heavy atom. The molecule has 1 N–H and O–H groups in total. The SMILES string of the molecule is C=CCc1ccc(OCCCn2c(C(C)NC(C)=O)nc3ccccc32)c(OC)c1. The van der Waals surface area contributed by atoms with Crippen molar-refractivity contribution in [1.82, 2.24) is 14.9 Å². The smallest absolute Gasteiger partial charge is 0.217 e. The molecule has 1 aromatic heterocycles. The fourth-order valence-corrected chi connectivity index (χ4v) is 3.56. The van der Waals surface area contributed by atoms with Crippen molar-refractivity contribution >= 4 is 16.9 Å². The third-order valence-electron chi connectivity index (χ3n) is 4.88. The van der Waals surface area contributed by atoms with Crippen LogP contribution in [-0.2, 0) is 17.8 Å². The van der Waals surface area contributed by atoms with Crippen LogP contribution in [0.2, 0.25) is 0 Å². The molecule has 1 heterocycles. The molecule has 1 unspecified atom stereocenters. The Kier molecular flexibility index (Phi) is 7.12. The van der Waals surface area contributed by atoms with Crippen molar-refractivity contribution in [2.24, 2.45) is 0 Å². The maximum Gasteiger partial charge on any atom is 0.217 e. The van der Waals surface area contributed by atoms with Crippen LogP contribution in [0.15, 0.2) is 55.1 Å². The van der Waals surface area contributed by atoms with Gasteiger partial charge < -0.3 is 19.4 Å². The molecular weight excluding hydrogens is 378 g/mol. The molecule has 0 aliphatic rings. The van der Waals surface area contributed by atoms with E-state index in [1.807, 2.05) is 49.4 Å². The third-order valence-corrected chi connectivity index (χ3v) is 4.88. The van der Waals surface area contributed by atoms with E-state index < -0.39 is 0 Å². The molecule has 1 atom stereocenters. The molecule has 0 saturated carbocycles. The zero-order valence-electron chi connectivity index (χ0n) is 17.9. The van der Waals surface area contributed by atoms with Gasteiger partial charge in [0, 0.05) is 13.5 Å². The van der Waals surface area contributed by atoms with Crippen LogP contribution in [-0.4, -0.2) is 29.2 Å². The first-order valence-electron chi connectivity index (χ1n) is 10.2. The Hall–Kier alpha value is -3.28. The van der Waals surface area contributed by atoms with E-state index in [1.165, 1.54) is 6.92 Å². The van der Waals surface area contributed by atoms with Gasteiger partial charge in [-0.05, 0) is 49.6 Å². The summed E-state index contributed by atoms with van der Waals surface area (Å²) < 4.78 is 13.6. The van der Waals surface area contributed by atoms with Gasteiger partial charge in [0.15, 0.2) is 11.5 Å². The molecule has 1 amide bonds. The molecule has 0 aliphatic heterocycles. The number of carbonyl (C=O) groups excluding carboxylic acids is 1. The van der Waals surface area contributed by atoms with E-state index >= 15 is 0 Å². The monoisotopic (exact) mass is 407 g/mol. The Bertz CT molecular complexity index is 1030. The molecule has 0 bridgehead atoms. The lowest BCUT2D eigenvalue weighted by Crippen LogP contribution is -2.26. The number of carbonyl (C=O) groups is 1. The summed E-state index contributed by atoms with van der Waals surface area (Å²) in [7, 11) is 1.65. The highest BCUT2D eigenvalue weighted by atomic mass is 16.5. The Morgan fingerprint density at radius 2 is 2.07 bits per heavy atom. The van der Waals surface area contributed by atoms with Crippen molar-refractivity contribution < 1.29 is 14.3 Å². The second-order valence-electron chi connectivity index (χ2n) is 7.21. The van der Waals surface area contributed by atoms with Crippen LogP contribution < -0.4 is 14.8 Å². The molecule has 0 radical (unpaired) electrons. The average Bonchev–Trinajstić information content (AvgIpc) is 3.10. The highest BCUT2D eigenvalue weighted by Crippen LogP contribution is 2.28. The molecular formula is C24H29N3O3. The summed E-state index contributed by atoms with van der Waals surface area (Å²) in [6.07, 6.45) is 3.45. The van der Waals surface area contributed by atoms with Crippen molar-refractivity contribution in [2.75, 3.05) is 13.7 Å². The van der Waals surface area contributed by atoms with Gasteiger partial charge in [-0.2, -0.15) is 0 Å². The quantitative estimate of drug-likeness (QED) is 0.399. The molecule has 2 aromatic carbocycles. The molecule has 6 nitrogen and oxygen atoms in total. The van der Waals surface area contributed by atoms with Crippen molar-refractivity contribution in [3.63, 3.8) is 0 Å². The molecule has 30 heavy (non-hydrogen) atoms. The minimum atomic E-state index is -0.173. The highest BCUT2D eigenvalue weighted by Gasteiger charge is 2.17. The van der Waals surface area contributed by atoms with E-state index in [0.29, 0.717) is 6.61 Å². The maximum absolute atomic E-state index is 11.5. The third kappa shape index (κ3) is 5.00. The summed E-state index contributed by atoms with van der Waals surface area (Å²) in [5.41, 5.74) is 3.11. The summed E-state index contributed by atoms with van der Waals surface area (Å²) in [4.78, 5) is 16.2. The van der Waals surface area contributed by atoms with Crippen molar-refractivity contribution in [3.05, 3.63) is 66.5 Å². The first kappa shape index (κ1) is 21.4. The van der Waals surface area contributed by atoms with Gasteiger partial charge in [-0.1, -0.05) is 24.3 Å². The second-order valence-corrected chi connectivity index (χ2v) is 7.21. The van der Waals surface area contributed by atoms with E-state index in [0.717, 1.165) is 53.3 Å². The maximum atomic E-state index is 11.5. The van der Waals surface area contributed by atoms with Crippen LogP contribution in [0.5, 0.6) is 11.5 Å². The number of rotatable bonds is 10. The standard InChI is InChI=1S/C24H29N3O3/c1-5-9-19-12-13-22(23(16-19)29-4)30-15-8-14-27-21-11-7-6-10-20(21)26-24(27)17(2)25-18(3)28/h5-7,10-13,16-17H,1,8-9,14-15H2,2-4H3,(H,25,28). The molecule has 0 saturated heterocycles. The Balaban J connectivity index is 1.70. The van der Waals surface area contributed by atoms with Gasteiger partial charge in [0.1, 0.15) is 5.82 Å². The molecule has 3 aromatic rings. The van der Waals surface area contributed by atoms with Crippen LogP contribution >= 0.6 is 0 Å². The minimum absolute atomic E-state index is 0.0727. The van der Waals surface area contributed by atoms with E-state index in [2.05, 4.69) is 22.5 Å². The normalized spacial score (nSPS) is 11.8. The number of methoxy groups -OCH3 is 1. The number of hydrogen-bond acceptors (Lipinski definition) is 4. The number of allylic oxidation sites excluding steroid dienone is 1. The fourth-order valence-electron chi connectivity index (χ4n) is 3.56. The van der Waals surface area contributed by atoms with Gasteiger partial charge in [-0.25, -0.2) is 4.98 Å². The fraction of sp³-hybridized carbons (Fsp3) is 0.333. The van der Waals surface area contributed by atoms with Crippen LogP contribution in [0.25, 0.3) is 11.0 Å². The topological polar surface area (TPSA) is 65.4 Å². The van der Waals surface area contributed by atoms with E-state index in [1.54, 1.807) is 7.11 Å². The number of imidazole rings is 1. The summed E-state index contributed by atoms with van der Waals surface area (Å²) in [6, 6.07) is 13.8. The predicted octanol–water partition coefficient (Wildman–Crippen LogP) is 4.44.